The van der Waals surface area contributed by atoms with Gasteiger partial charge >= 0.3 is 5.97 Å². The quantitative estimate of drug-likeness (QED) is 0.141. The van der Waals surface area contributed by atoms with E-state index in [1.54, 1.807) is 20.8 Å². The van der Waals surface area contributed by atoms with Crippen LogP contribution in [0.4, 0.5) is 0 Å². The van der Waals surface area contributed by atoms with Gasteiger partial charge in [-0.15, -0.1) is 0 Å². The third kappa shape index (κ3) is 14.3. The van der Waals surface area contributed by atoms with Crippen LogP contribution in [0.1, 0.15) is 70.6 Å². The van der Waals surface area contributed by atoms with Crippen molar-refractivity contribution < 1.29 is 29.0 Å². The van der Waals surface area contributed by atoms with Crippen LogP contribution >= 0.6 is 0 Å². The summed E-state index contributed by atoms with van der Waals surface area (Å²) in [6.45, 7) is 9.27. The highest BCUT2D eigenvalue weighted by Gasteiger charge is 2.33. The Labute approximate surface area is 291 Å². The van der Waals surface area contributed by atoms with Crippen molar-refractivity contribution in [1.29, 1.82) is 0 Å². The highest BCUT2D eigenvalue weighted by atomic mass is 16.6. The molecule has 264 valence electrons. The second kappa shape index (κ2) is 18.9. The number of hydrogen-bond donors (Lipinski definition) is 4. The van der Waals surface area contributed by atoms with E-state index in [0.29, 0.717) is 19.3 Å². The van der Waals surface area contributed by atoms with Gasteiger partial charge in [0.2, 0.25) is 17.7 Å². The standard InChI is InChI=1S/C40H53N3O6/c1-27(2)21-34(39(48)42-33(37(41)46)24-30-19-13-8-14-20-30)43-38(47)32(23-29-17-11-7-12-18-29)25-35(44)31(22-28-15-9-6-10-16-28)26-36(45)49-40(3,4)5/h6-20,27,31-35,44H,21-26H2,1-5H3,(H2,41,46)(H,42,48)(H,43,47)/t31-,32-,33+,34+,35+/m1/s1. The van der Waals surface area contributed by atoms with Gasteiger partial charge in [-0.2, -0.15) is 0 Å². The molecule has 0 aliphatic carbocycles. The number of carbonyl (C=O) groups is 4. The second-order valence-corrected chi connectivity index (χ2v) is 14.3. The van der Waals surface area contributed by atoms with Crippen molar-refractivity contribution in [2.45, 2.75) is 96.9 Å². The Kier molecular flexibility index (Phi) is 15.0. The van der Waals surface area contributed by atoms with Gasteiger partial charge in [-0.3, -0.25) is 19.2 Å². The Balaban J connectivity index is 1.85. The number of nitrogens with one attached hydrogen (secondary N) is 2. The number of aliphatic hydroxyl groups excluding tert-OH is 1. The van der Waals surface area contributed by atoms with Crippen molar-refractivity contribution in [2.24, 2.45) is 23.5 Å². The van der Waals surface area contributed by atoms with E-state index in [9.17, 15) is 24.3 Å². The lowest BCUT2D eigenvalue weighted by Gasteiger charge is -2.29. The highest BCUT2D eigenvalue weighted by molar-refractivity contribution is 5.92. The number of ether oxygens (including phenoxy) is 1. The Morgan fingerprint density at radius 1 is 0.694 bits per heavy atom. The van der Waals surface area contributed by atoms with E-state index >= 15 is 0 Å². The van der Waals surface area contributed by atoms with Gasteiger partial charge in [0.05, 0.1) is 12.5 Å². The molecule has 5 N–H and O–H groups in total. The number of benzene rings is 3. The van der Waals surface area contributed by atoms with E-state index < -0.39 is 59.3 Å². The Hall–Kier alpha value is -4.50. The van der Waals surface area contributed by atoms with E-state index in [0.717, 1.165) is 16.7 Å². The molecule has 0 spiro atoms. The SMILES string of the molecule is CC(C)C[C@H](NC(=O)[C@H](Cc1ccccc1)C[C@H](O)[C@@H](CC(=O)OC(C)(C)C)Cc1ccccc1)C(=O)N[C@@H](Cc1ccccc1)C(N)=O. The van der Waals surface area contributed by atoms with Crippen molar-refractivity contribution in [3.63, 3.8) is 0 Å². The first-order valence-electron chi connectivity index (χ1n) is 17.1. The first kappa shape index (κ1) is 38.9. The van der Waals surface area contributed by atoms with E-state index in [2.05, 4.69) is 10.6 Å². The third-order valence-corrected chi connectivity index (χ3v) is 8.24. The monoisotopic (exact) mass is 671 g/mol. The van der Waals surface area contributed by atoms with Crippen molar-refractivity contribution >= 4 is 23.7 Å². The van der Waals surface area contributed by atoms with Gasteiger partial charge < -0.3 is 26.2 Å². The van der Waals surface area contributed by atoms with Crippen LogP contribution < -0.4 is 16.4 Å². The van der Waals surface area contributed by atoms with Gasteiger partial charge in [-0.05, 0) is 75.0 Å². The molecule has 0 aromatic heterocycles. The molecule has 0 fully saturated rings. The third-order valence-electron chi connectivity index (χ3n) is 8.24. The summed E-state index contributed by atoms with van der Waals surface area (Å²) in [5.74, 6) is -3.22. The molecule has 0 saturated carbocycles. The zero-order valence-corrected chi connectivity index (χ0v) is 29.4. The smallest absolute Gasteiger partial charge is 0.306 e. The van der Waals surface area contributed by atoms with Gasteiger partial charge in [0.15, 0.2) is 0 Å². The lowest BCUT2D eigenvalue weighted by Crippen LogP contribution is -2.55. The first-order chi connectivity index (χ1) is 23.2. The maximum Gasteiger partial charge on any atom is 0.306 e. The molecule has 3 aromatic carbocycles. The number of carbonyl (C=O) groups excluding carboxylic acids is 4. The minimum atomic E-state index is -1.03. The minimum absolute atomic E-state index is 0.0265. The molecule has 0 saturated heterocycles. The molecule has 0 unspecified atom stereocenters. The topological polar surface area (TPSA) is 148 Å². The molecule has 9 nitrogen and oxygen atoms in total. The number of hydrogen-bond acceptors (Lipinski definition) is 6. The van der Waals surface area contributed by atoms with Gasteiger partial charge in [-0.25, -0.2) is 0 Å². The molecular formula is C40H53N3O6. The molecule has 0 bridgehead atoms. The number of esters is 1. The van der Waals surface area contributed by atoms with Crippen molar-refractivity contribution in [3.8, 4) is 0 Å². The van der Waals surface area contributed by atoms with Crippen molar-refractivity contribution in [3.05, 3.63) is 108 Å². The van der Waals surface area contributed by atoms with Gasteiger partial charge in [-0.1, -0.05) is 105 Å². The van der Waals surface area contributed by atoms with E-state index in [-0.39, 0.29) is 25.2 Å². The fraction of sp³-hybridized carbons (Fsp3) is 0.450. The van der Waals surface area contributed by atoms with Crippen LogP contribution in [0, 0.1) is 17.8 Å². The summed E-state index contributed by atoms with van der Waals surface area (Å²) in [7, 11) is 0. The molecule has 9 heteroatoms. The fourth-order valence-corrected chi connectivity index (χ4v) is 5.86. The molecule has 0 aliphatic rings. The molecule has 5 atom stereocenters. The average molecular weight is 672 g/mol. The lowest BCUT2D eigenvalue weighted by molar-refractivity contribution is -0.157. The van der Waals surface area contributed by atoms with Crippen LogP contribution in [0.5, 0.6) is 0 Å². The van der Waals surface area contributed by atoms with Crippen molar-refractivity contribution in [1.82, 2.24) is 10.6 Å². The predicted octanol–water partition coefficient (Wildman–Crippen LogP) is 4.93. The second-order valence-electron chi connectivity index (χ2n) is 14.3. The summed E-state index contributed by atoms with van der Waals surface area (Å²) in [5, 5.41) is 17.4. The predicted molar refractivity (Wildman–Crippen MR) is 191 cm³/mol. The van der Waals surface area contributed by atoms with Crippen LogP contribution in [0.3, 0.4) is 0 Å². The summed E-state index contributed by atoms with van der Waals surface area (Å²) >= 11 is 0. The zero-order chi connectivity index (χ0) is 36.0. The molecular weight excluding hydrogens is 618 g/mol. The molecule has 0 heterocycles. The summed E-state index contributed by atoms with van der Waals surface area (Å²) in [4.78, 5) is 53.0. The Morgan fingerprint density at radius 3 is 1.63 bits per heavy atom. The van der Waals surface area contributed by atoms with Gasteiger partial charge in [0, 0.05) is 12.3 Å². The number of primary amides is 1. The molecule has 0 aliphatic heterocycles. The molecule has 3 amide bonds. The first-order valence-corrected chi connectivity index (χ1v) is 17.1. The normalized spacial score (nSPS) is 14.6. The summed E-state index contributed by atoms with van der Waals surface area (Å²) in [6, 6.07) is 26.4. The van der Waals surface area contributed by atoms with Crippen LogP contribution in [-0.2, 0) is 43.2 Å². The highest BCUT2D eigenvalue weighted by Crippen LogP contribution is 2.26. The summed E-state index contributed by atoms with van der Waals surface area (Å²) < 4.78 is 5.60. The summed E-state index contributed by atoms with van der Waals surface area (Å²) in [5.41, 5.74) is 7.67. The van der Waals surface area contributed by atoms with Crippen LogP contribution in [0.25, 0.3) is 0 Å². The van der Waals surface area contributed by atoms with E-state index in [1.165, 1.54) is 0 Å². The van der Waals surface area contributed by atoms with E-state index in [4.69, 9.17) is 10.5 Å². The molecule has 49 heavy (non-hydrogen) atoms. The summed E-state index contributed by atoms with van der Waals surface area (Å²) in [6.07, 6.45) is 0.250. The maximum atomic E-state index is 14.1. The number of rotatable bonds is 18. The van der Waals surface area contributed by atoms with Crippen LogP contribution in [0.15, 0.2) is 91.0 Å². The minimum Gasteiger partial charge on any atom is -0.460 e. The molecule has 0 radical (unpaired) electrons. The van der Waals surface area contributed by atoms with Gasteiger partial charge in [0.1, 0.15) is 17.7 Å². The van der Waals surface area contributed by atoms with Crippen molar-refractivity contribution in [2.75, 3.05) is 0 Å². The van der Waals surface area contributed by atoms with Crippen LogP contribution in [0.2, 0.25) is 0 Å². The fourth-order valence-electron chi connectivity index (χ4n) is 5.86. The molecule has 3 rings (SSSR count). The van der Waals surface area contributed by atoms with E-state index in [1.807, 2.05) is 105 Å². The number of amides is 3. The van der Waals surface area contributed by atoms with Crippen LogP contribution in [-0.4, -0.2) is 52.6 Å². The number of aliphatic hydroxyl groups is 1. The average Bonchev–Trinajstić information content (AvgIpc) is 3.03. The lowest BCUT2D eigenvalue weighted by atomic mass is 9.83. The largest absolute Gasteiger partial charge is 0.460 e. The Bertz CT molecular complexity index is 1470. The maximum absolute atomic E-state index is 14.1. The Morgan fingerprint density at radius 2 is 1.16 bits per heavy atom. The zero-order valence-electron chi connectivity index (χ0n) is 29.4. The van der Waals surface area contributed by atoms with Gasteiger partial charge in [0.25, 0.3) is 0 Å². The molecule has 3 aromatic rings. The number of nitrogens with two attached hydrogens (primary N) is 1.